The maximum atomic E-state index is 12.5. The Hall–Kier alpha value is -2.44. The Balaban J connectivity index is 1.53. The van der Waals surface area contributed by atoms with Crippen LogP contribution >= 0.6 is 23.2 Å². The van der Waals surface area contributed by atoms with Crippen LogP contribution < -0.4 is 15.0 Å². The minimum atomic E-state index is -0.729. The number of nitrogens with one attached hydrogen (secondary N) is 1. The molecule has 0 bridgehead atoms. The fourth-order valence-corrected chi connectivity index (χ4v) is 3.70. The molecular formula is C22H25Cl2N3O3. The molecule has 2 aromatic carbocycles. The van der Waals surface area contributed by atoms with Crippen molar-refractivity contribution in [2.75, 3.05) is 36.4 Å². The molecule has 0 saturated carbocycles. The number of hydrogen-bond acceptors (Lipinski definition) is 4. The normalized spacial score (nSPS) is 14.9. The van der Waals surface area contributed by atoms with Crippen LogP contribution in [-0.2, 0) is 9.59 Å². The number of carbonyl (C=O) groups excluding carboxylic acids is 2. The number of amides is 2. The van der Waals surface area contributed by atoms with Gasteiger partial charge in [0.15, 0.2) is 6.10 Å². The highest BCUT2D eigenvalue weighted by Crippen LogP contribution is 2.28. The van der Waals surface area contributed by atoms with Crippen LogP contribution in [0.15, 0.2) is 42.5 Å². The molecule has 30 heavy (non-hydrogen) atoms. The van der Waals surface area contributed by atoms with E-state index < -0.39 is 6.10 Å². The predicted molar refractivity (Wildman–Crippen MR) is 121 cm³/mol. The van der Waals surface area contributed by atoms with Crippen LogP contribution in [-0.4, -0.2) is 49.0 Å². The van der Waals surface area contributed by atoms with Crippen molar-refractivity contribution in [3.63, 3.8) is 0 Å². The summed E-state index contributed by atoms with van der Waals surface area (Å²) < 4.78 is 5.65. The van der Waals surface area contributed by atoms with Crippen molar-refractivity contribution in [2.45, 2.75) is 26.4 Å². The summed E-state index contributed by atoms with van der Waals surface area (Å²) in [5, 5.41) is 3.70. The van der Waals surface area contributed by atoms with E-state index in [1.807, 2.05) is 36.1 Å². The van der Waals surface area contributed by atoms with Gasteiger partial charge in [0.25, 0.3) is 5.91 Å². The van der Waals surface area contributed by atoms with Crippen LogP contribution in [0.2, 0.25) is 10.0 Å². The zero-order valence-electron chi connectivity index (χ0n) is 17.0. The first-order chi connectivity index (χ1) is 14.4. The second kappa shape index (κ2) is 10.0. The van der Waals surface area contributed by atoms with E-state index in [9.17, 15) is 9.59 Å². The van der Waals surface area contributed by atoms with Crippen molar-refractivity contribution >= 4 is 46.4 Å². The number of halogens is 2. The summed E-state index contributed by atoms with van der Waals surface area (Å²) in [6.07, 6.45) is -0.187. The van der Waals surface area contributed by atoms with Gasteiger partial charge in [0, 0.05) is 49.0 Å². The van der Waals surface area contributed by atoms with E-state index in [2.05, 4.69) is 10.2 Å². The lowest BCUT2D eigenvalue weighted by atomic mass is 10.2. The van der Waals surface area contributed by atoms with Gasteiger partial charge in [-0.2, -0.15) is 0 Å². The van der Waals surface area contributed by atoms with Crippen molar-refractivity contribution in [1.29, 1.82) is 0 Å². The quantitative estimate of drug-likeness (QED) is 0.706. The Labute approximate surface area is 186 Å². The van der Waals surface area contributed by atoms with Gasteiger partial charge in [-0.15, -0.1) is 0 Å². The number of benzene rings is 2. The molecule has 1 aliphatic rings. The fraction of sp³-hybridized carbons (Fsp3) is 0.364. The van der Waals surface area contributed by atoms with E-state index in [0.29, 0.717) is 27.9 Å². The highest BCUT2D eigenvalue weighted by Gasteiger charge is 2.20. The summed E-state index contributed by atoms with van der Waals surface area (Å²) in [4.78, 5) is 28.4. The number of hydrogen-bond donors (Lipinski definition) is 1. The van der Waals surface area contributed by atoms with Gasteiger partial charge in [-0.3, -0.25) is 9.59 Å². The lowest BCUT2D eigenvalue weighted by Crippen LogP contribution is -2.48. The molecule has 3 rings (SSSR count). The van der Waals surface area contributed by atoms with E-state index in [-0.39, 0.29) is 11.8 Å². The first kappa shape index (κ1) is 22.2. The molecule has 1 unspecified atom stereocenters. The van der Waals surface area contributed by atoms with E-state index >= 15 is 0 Å². The number of piperazine rings is 1. The van der Waals surface area contributed by atoms with Crippen molar-refractivity contribution < 1.29 is 14.3 Å². The topological polar surface area (TPSA) is 61.9 Å². The third-order valence-electron chi connectivity index (χ3n) is 5.00. The van der Waals surface area contributed by atoms with Crippen LogP contribution in [0, 0.1) is 0 Å². The van der Waals surface area contributed by atoms with Crippen LogP contribution in [0.4, 0.5) is 11.4 Å². The van der Waals surface area contributed by atoms with Crippen molar-refractivity contribution in [3.8, 4) is 5.75 Å². The molecule has 160 valence electrons. The van der Waals surface area contributed by atoms with Crippen molar-refractivity contribution in [3.05, 3.63) is 52.5 Å². The molecule has 0 radical (unpaired) electrons. The Kier molecular flexibility index (Phi) is 7.45. The van der Waals surface area contributed by atoms with E-state index in [1.54, 1.807) is 25.1 Å². The maximum absolute atomic E-state index is 12.5. The summed E-state index contributed by atoms with van der Waals surface area (Å²) in [5.41, 5.74) is 1.75. The maximum Gasteiger partial charge on any atom is 0.265 e. The Morgan fingerprint density at radius 3 is 2.33 bits per heavy atom. The van der Waals surface area contributed by atoms with Gasteiger partial charge in [0.1, 0.15) is 5.75 Å². The van der Waals surface area contributed by atoms with Crippen LogP contribution in [0.25, 0.3) is 0 Å². The average molecular weight is 450 g/mol. The summed E-state index contributed by atoms with van der Waals surface area (Å²) >= 11 is 12.0. The van der Waals surface area contributed by atoms with E-state index in [4.69, 9.17) is 27.9 Å². The summed E-state index contributed by atoms with van der Waals surface area (Å²) in [6.45, 7) is 6.60. The first-order valence-corrected chi connectivity index (χ1v) is 10.7. The van der Waals surface area contributed by atoms with Crippen LogP contribution in [0.5, 0.6) is 5.75 Å². The standard InChI is InChI=1S/C22H25Cl2N3O3/c1-3-21(28)27-12-10-26(11-13-27)18-7-5-17(6-8-18)25-22(29)15(2)30-20-9-4-16(23)14-19(20)24/h4-9,14-15H,3,10-13H2,1-2H3,(H,25,29). The SMILES string of the molecule is CCC(=O)N1CCN(c2ccc(NC(=O)C(C)Oc3ccc(Cl)cc3Cl)cc2)CC1. The number of anilines is 2. The highest BCUT2D eigenvalue weighted by molar-refractivity contribution is 6.35. The van der Waals surface area contributed by atoms with Gasteiger partial charge >= 0.3 is 0 Å². The number of nitrogens with zero attached hydrogens (tertiary/aromatic N) is 2. The van der Waals surface area contributed by atoms with Crippen molar-refractivity contribution in [1.82, 2.24) is 4.90 Å². The molecule has 2 aromatic rings. The lowest BCUT2D eigenvalue weighted by molar-refractivity contribution is -0.131. The molecule has 6 nitrogen and oxygen atoms in total. The highest BCUT2D eigenvalue weighted by atomic mass is 35.5. The molecule has 1 N–H and O–H groups in total. The minimum absolute atomic E-state index is 0.198. The summed E-state index contributed by atoms with van der Waals surface area (Å²) in [6, 6.07) is 12.5. The molecular weight excluding hydrogens is 425 g/mol. The zero-order chi connectivity index (χ0) is 21.7. The van der Waals surface area contributed by atoms with Gasteiger partial charge in [0.05, 0.1) is 5.02 Å². The molecule has 0 aliphatic carbocycles. The molecule has 2 amide bonds. The molecule has 0 spiro atoms. The Morgan fingerprint density at radius 2 is 1.73 bits per heavy atom. The number of ether oxygens (including phenoxy) is 1. The largest absolute Gasteiger partial charge is 0.479 e. The average Bonchev–Trinajstić information content (AvgIpc) is 2.75. The third-order valence-corrected chi connectivity index (χ3v) is 5.53. The molecule has 1 fully saturated rings. The summed E-state index contributed by atoms with van der Waals surface area (Å²) in [7, 11) is 0. The molecule has 1 heterocycles. The molecule has 1 atom stereocenters. The minimum Gasteiger partial charge on any atom is -0.479 e. The van der Waals surface area contributed by atoms with Gasteiger partial charge in [0.2, 0.25) is 5.91 Å². The molecule has 1 aliphatic heterocycles. The molecule has 1 saturated heterocycles. The molecule has 8 heteroatoms. The van der Waals surface area contributed by atoms with Crippen molar-refractivity contribution in [2.24, 2.45) is 0 Å². The Morgan fingerprint density at radius 1 is 1.07 bits per heavy atom. The predicted octanol–water partition coefficient (Wildman–Crippen LogP) is 4.46. The van der Waals surface area contributed by atoms with Crippen LogP contribution in [0.1, 0.15) is 20.3 Å². The van der Waals surface area contributed by atoms with Gasteiger partial charge in [-0.25, -0.2) is 0 Å². The van der Waals surface area contributed by atoms with E-state index in [0.717, 1.165) is 31.9 Å². The van der Waals surface area contributed by atoms with Gasteiger partial charge < -0.3 is 19.9 Å². The number of rotatable bonds is 6. The fourth-order valence-electron chi connectivity index (χ4n) is 3.25. The lowest BCUT2D eigenvalue weighted by Gasteiger charge is -2.36. The molecule has 0 aromatic heterocycles. The van der Waals surface area contributed by atoms with Crippen LogP contribution in [0.3, 0.4) is 0 Å². The number of carbonyl (C=O) groups is 2. The smallest absolute Gasteiger partial charge is 0.265 e. The monoisotopic (exact) mass is 449 g/mol. The van der Waals surface area contributed by atoms with E-state index in [1.165, 1.54) is 0 Å². The Bertz CT molecular complexity index is 897. The van der Waals surface area contributed by atoms with Gasteiger partial charge in [-0.05, 0) is 49.4 Å². The first-order valence-electron chi connectivity index (χ1n) is 9.92. The zero-order valence-corrected chi connectivity index (χ0v) is 18.5. The van der Waals surface area contributed by atoms with Gasteiger partial charge in [-0.1, -0.05) is 30.1 Å². The third kappa shape index (κ3) is 5.58. The second-order valence-corrected chi connectivity index (χ2v) is 7.94. The summed E-state index contributed by atoms with van der Waals surface area (Å²) in [5.74, 6) is 0.323. The second-order valence-electron chi connectivity index (χ2n) is 7.09.